The standard InChI is InChI=1S/C26H28N2O5S/c1-5-21(17-8-11-19(31-2)12-9-17)27-26(30)22(16-20-7-6-14-34-20)28-25(29)18-10-13-23(32-3)24(15-18)33-4/h6-16,21H,5H2,1-4H3,(H,27,30)(H,28,29)/b22-16-/t21-/m1/s1. The molecule has 0 fully saturated rings. The summed E-state index contributed by atoms with van der Waals surface area (Å²) in [5, 5.41) is 7.69. The van der Waals surface area contributed by atoms with Crippen LogP contribution in [0.25, 0.3) is 6.08 Å². The van der Waals surface area contributed by atoms with Crippen molar-refractivity contribution >= 4 is 29.2 Å². The molecular weight excluding hydrogens is 452 g/mol. The maximum absolute atomic E-state index is 13.3. The SMILES string of the molecule is CC[C@@H](NC(=O)/C(=C/c1cccs1)NC(=O)c1ccc(OC)c(OC)c1)c1ccc(OC)cc1. The Balaban J connectivity index is 1.84. The van der Waals surface area contributed by atoms with Crippen molar-refractivity contribution in [3.63, 3.8) is 0 Å². The zero-order valence-corrected chi connectivity index (χ0v) is 20.4. The summed E-state index contributed by atoms with van der Waals surface area (Å²) in [6.45, 7) is 1.99. The number of hydrogen-bond donors (Lipinski definition) is 2. The van der Waals surface area contributed by atoms with Gasteiger partial charge in [0.1, 0.15) is 11.4 Å². The van der Waals surface area contributed by atoms with Gasteiger partial charge >= 0.3 is 0 Å². The van der Waals surface area contributed by atoms with E-state index < -0.39 is 5.91 Å². The Bertz CT molecular complexity index is 1140. The van der Waals surface area contributed by atoms with Gasteiger partial charge in [0.15, 0.2) is 11.5 Å². The predicted molar refractivity (Wildman–Crippen MR) is 133 cm³/mol. The molecule has 8 heteroatoms. The highest BCUT2D eigenvalue weighted by Gasteiger charge is 2.20. The normalized spacial score (nSPS) is 11.9. The molecule has 0 bridgehead atoms. The van der Waals surface area contributed by atoms with Crippen molar-refractivity contribution in [2.24, 2.45) is 0 Å². The highest BCUT2D eigenvalue weighted by Crippen LogP contribution is 2.28. The highest BCUT2D eigenvalue weighted by atomic mass is 32.1. The van der Waals surface area contributed by atoms with Crippen LogP contribution in [0.2, 0.25) is 0 Å². The third-order valence-corrected chi connectivity index (χ3v) is 6.02. The first-order valence-electron chi connectivity index (χ1n) is 10.7. The molecule has 1 aromatic heterocycles. The van der Waals surface area contributed by atoms with Gasteiger partial charge in [-0.15, -0.1) is 11.3 Å². The van der Waals surface area contributed by atoms with Crippen LogP contribution in [-0.2, 0) is 4.79 Å². The van der Waals surface area contributed by atoms with Crippen molar-refractivity contribution in [2.75, 3.05) is 21.3 Å². The first-order chi connectivity index (χ1) is 16.5. The van der Waals surface area contributed by atoms with E-state index in [4.69, 9.17) is 14.2 Å². The van der Waals surface area contributed by atoms with Crippen molar-refractivity contribution in [1.82, 2.24) is 10.6 Å². The van der Waals surface area contributed by atoms with E-state index in [1.807, 2.05) is 48.7 Å². The van der Waals surface area contributed by atoms with Gasteiger partial charge in [0.2, 0.25) is 0 Å². The molecule has 3 rings (SSSR count). The lowest BCUT2D eigenvalue weighted by atomic mass is 10.0. The van der Waals surface area contributed by atoms with E-state index in [-0.39, 0.29) is 17.6 Å². The van der Waals surface area contributed by atoms with Crippen LogP contribution in [-0.4, -0.2) is 33.1 Å². The Morgan fingerprint density at radius 3 is 2.29 bits per heavy atom. The first kappa shape index (κ1) is 24.9. The summed E-state index contributed by atoms with van der Waals surface area (Å²) in [5.74, 6) is 0.858. The Morgan fingerprint density at radius 2 is 1.71 bits per heavy atom. The molecule has 3 aromatic rings. The molecule has 1 heterocycles. The molecule has 0 radical (unpaired) electrons. The van der Waals surface area contributed by atoms with Crippen LogP contribution >= 0.6 is 11.3 Å². The average molecular weight is 481 g/mol. The molecule has 0 unspecified atom stereocenters. The second kappa shape index (κ2) is 11.9. The van der Waals surface area contributed by atoms with Crippen molar-refractivity contribution in [3.05, 3.63) is 81.7 Å². The van der Waals surface area contributed by atoms with E-state index in [0.717, 1.165) is 16.2 Å². The quantitative estimate of drug-likeness (QED) is 0.407. The monoisotopic (exact) mass is 480 g/mol. The summed E-state index contributed by atoms with van der Waals surface area (Å²) in [6.07, 6.45) is 2.34. The van der Waals surface area contributed by atoms with Gasteiger partial charge in [-0.2, -0.15) is 0 Å². The van der Waals surface area contributed by atoms with Gasteiger partial charge in [-0.1, -0.05) is 25.1 Å². The number of thiophene rings is 1. The van der Waals surface area contributed by atoms with E-state index in [9.17, 15) is 9.59 Å². The van der Waals surface area contributed by atoms with E-state index in [0.29, 0.717) is 23.5 Å². The lowest BCUT2D eigenvalue weighted by molar-refractivity contribution is -0.118. The van der Waals surface area contributed by atoms with Crippen molar-refractivity contribution < 1.29 is 23.8 Å². The van der Waals surface area contributed by atoms with Crippen molar-refractivity contribution in [3.8, 4) is 17.2 Å². The fourth-order valence-corrected chi connectivity index (χ4v) is 4.00. The fourth-order valence-electron chi connectivity index (χ4n) is 3.34. The number of benzene rings is 2. The van der Waals surface area contributed by atoms with Crippen LogP contribution in [0.4, 0.5) is 0 Å². The number of rotatable bonds is 10. The van der Waals surface area contributed by atoms with E-state index in [2.05, 4.69) is 10.6 Å². The smallest absolute Gasteiger partial charge is 0.268 e. The van der Waals surface area contributed by atoms with Gasteiger partial charge < -0.3 is 24.8 Å². The number of carbonyl (C=O) groups is 2. The number of amides is 2. The lowest BCUT2D eigenvalue weighted by Crippen LogP contribution is -2.36. The molecule has 2 aromatic carbocycles. The Morgan fingerprint density at radius 1 is 0.971 bits per heavy atom. The zero-order valence-electron chi connectivity index (χ0n) is 19.6. The minimum Gasteiger partial charge on any atom is -0.497 e. The molecule has 0 aliphatic rings. The summed E-state index contributed by atoms with van der Waals surface area (Å²) in [7, 11) is 4.63. The number of hydrogen-bond acceptors (Lipinski definition) is 6. The number of ether oxygens (including phenoxy) is 3. The van der Waals surface area contributed by atoms with Crippen molar-refractivity contribution in [1.29, 1.82) is 0 Å². The second-order valence-electron chi connectivity index (χ2n) is 7.30. The molecule has 1 atom stereocenters. The molecular formula is C26H28N2O5S. The summed E-state index contributed by atoms with van der Waals surface area (Å²) < 4.78 is 15.7. The molecule has 0 aliphatic heterocycles. The van der Waals surface area contributed by atoms with Gasteiger partial charge in [-0.25, -0.2) is 0 Å². The number of carbonyl (C=O) groups excluding carboxylic acids is 2. The van der Waals surface area contributed by atoms with E-state index >= 15 is 0 Å². The third-order valence-electron chi connectivity index (χ3n) is 5.20. The molecule has 0 spiro atoms. The van der Waals surface area contributed by atoms with Gasteiger partial charge in [0.05, 0.1) is 27.4 Å². The van der Waals surface area contributed by atoms with Gasteiger partial charge in [-0.05, 0) is 59.8 Å². The third kappa shape index (κ3) is 6.17. The molecule has 0 saturated carbocycles. The van der Waals surface area contributed by atoms with Crippen LogP contribution in [0.1, 0.15) is 40.2 Å². The summed E-state index contributed by atoms with van der Waals surface area (Å²) in [6, 6.07) is 15.9. The number of nitrogens with one attached hydrogen (secondary N) is 2. The largest absolute Gasteiger partial charge is 0.497 e. The predicted octanol–water partition coefficient (Wildman–Crippen LogP) is 4.81. The molecule has 178 valence electrons. The Hall–Kier alpha value is -3.78. The molecule has 2 amide bonds. The van der Waals surface area contributed by atoms with Gasteiger partial charge in [0.25, 0.3) is 11.8 Å². The second-order valence-corrected chi connectivity index (χ2v) is 8.28. The summed E-state index contributed by atoms with van der Waals surface area (Å²) >= 11 is 1.47. The van der Waals surface area contributed by atoms with Gasteiger partial charge in [0, 0.05) is 10.4 Å². The zero-order chi connectivity index (χ0) is 24.5. The van der Waals surface area contributed by atoms with Crippen LogP contribution in [0, 0.1) is 0 Å². The molecule has 7 nitrogen and oxygen atoms in total. The minimum atomic E-state index is -0.434. The minimum absolute atomic E-state index is 0.147. The van der Waals surface area contributed by atoms with Crippen LogP contribution in [0.3, 0.4) is 0 Å². The maximum Gasteiger partial charge on any atom is 0.268 e. The highest BCUT2D eigenvalue weighted by molar-refractivity contribution is 7.10. The van der Waals surface area contributed by atoms with Crippen LogP contribution in [0.15, 0.2) is 65.7 Å². The molecule has 0 saturated heterocycles. The van der Waals surface area contributed by atoms with Gasteiger partial charge in [-0.3, -0.25) is 9.59 Å². The van der Waals surface area contributed by atoms with E-state index in [1.54, 1.807) is 31.4 Å². The molecule has 34 heavy (non-hydrogen) atoms. The Labute approximate surface area is 203 Å². The number of methoxy groups -OCH3 is 3. The summed E-state index contributed by atoms with van der Waals surface area (Å²) in [4.78, 5) is 27.1. The maximum atomic E-state index is 13.3. The molecule has 2 N–H and O–H groups in total. The van der Waals surface area contributed by atoms with Crippen LogP contribution < -0.4 is 24.8 Å². The lowest BCUT2D eigenvalue weighted by Gasteiger charge is -2.19. The van der Waals surface area contributed by atoms with Crippen LogP contribution in [0.5, 0.6) is 17.2 Å². The Kier molecular flexibility index (Phi) is 8.70. The first-order valence-corrected chi connectivity index (χ1v) is 11.6. The summed E-state index contributed by atoms with van der Waals surface area (Å²) in [5.41, 5.74) is 1.43. The average Bonchev–Trinajstić information content (AvgIpc) is 3.39. The fraction of sp³-hybridized carbons (Fsp3) is 0.231. The van der Waals surface area contributed by atoms with Crippen molar-refractivity contribution in [2.45, 2.75) is 19.4 Å². The topological polar surface area (TPSA) is 85.9 Å². The molecule has 0 aliphatic carbocycles. The van der Waals surface area contributed by atoms with E-state index in [1.165, 1.54) is 25.6 Å².